The normalized spacial score (nSPS) is 15.1. The molecule has 1 heterocycles. The number of hydrogen-bond acceptors (Lipinski definition) is 4. The highest BCUT2D eigenvalue weighted by Gasteiger charge is 2.14. The predicted molar refractivity (Wildman–Crippen MR) is 109 cm³/mol. The smallest absolute Gasteiger partial charge is 0.240 e. The molecule has 0 saturated carbocycles. The van der Waals surface area contributed by atoms with Crippen molar-refractivity contribution >= 4 is 15.7 Å². The zero-order valence-corrected chi connectivity index (χ0v) is 16.9. The topological polar surface area (TPSA) is 58.6 Å². The van der Waals surface area contributed by atoms with Gasteiger partial charge in [0.05, 0.1) is 18.1 Å². The molecule has 0 amide bonds. The van der Waals surface area contributed by atoms with Crippen LogP contribution in [0.3, 0.4) is 0 Å². The first-order chi connectivity index (χ1) is 13.0. The number of hydrogen-bond donors (Lipinski definition) is 1. The van der Waals surface area contributed by atoms with Crippen molar-refractivity contribution in [3.8, 4) is 0 Å². The molecule has 1 aliphatic rings. The summed E-state index contributed by atoms with van der Waals surface area (Å²) >= 11 is 0. The van der Waals surface area contributed by atoms with Gasteiger partial charge in [0, 0.05) is 25.3 Å². The molecule has 2 aromatic rings. The summed E-state index contributed by atoms with van der Waals surface area (Å²) < 4.78 is 32.9. The van der Waals surface area contributed by atoms with E-state index in [2.05, 4.69) is 33.9 Å². The molecule has 27 heavy (non-hydrogen) atoms. The number of aryl methyl sites for hydroxylation is 3. The van der Waals surface area contributed by atoms with Crippen LogP contribution in [0.25, 0.3) is 0 Å². The van der Waals surface area contributed by atoms with Crippen LogP contribution in [-0.4, -0.2) is 41.3 Å². The molecule has 1 N–H and O–H groups in total. The van der Waals surface area contributed by atoms with E-state index in [4.69, 9.17) is 4.74 Å². The number of nitrogens with one attached hydrogen (secondary N) is 1. The first-order valence-electron chi connectivity index (χ1n) is 9.44. The quantitative estimate of drug-likeness (QED) is 0.741. The van der Waals surface area contributed by atoms with Crippen molar-refractivity contribution in [2.24, 2.45) is 0 Å². The summed E-state index contributed by atoms with van der Waals surface area (Å²) in [6, 6.07) is 13.8. The Morgan fingerprint density at radius 2 is 1.70 bits per heavy atom. The number of ether oxygens (including phenoxy) is 1. The Labute approximate surface area is 162 Å². The minimum atomic E-state index is -3.44. The first kappa shape index (κ1) is 19.9. The summed E-state index contributed by atoms with van der Waals surface area (Å²) in [4.78, 5) is 2.66. The molecule has 5 nitrogen and oxygen atoms in total. The van der Waals surface area contributed by atoms with E-state index in [0.29, 0.717) is 11.4 Å². The monoisotopic (exact) mass is 388 g/mol. The van der Waals surface area contributed by atoms with E-state index in [-0.39, 0.29) is 0 Å². The Hall–Kier alpha value is -1.89. The maximum Gasteiger partial charge on any atom is 0.240 e. The van der Waals surface area contributed by atoms with Gasteiger partial charge >= 0.3 is 0 Å². The molecule has 0 aliphatic carbocycles. The summed E-state index contributed by atoms with van der Waals surface area (Å²) in [6.07, 6.45) is 1.61. The molecule has 0 atom stereocenters. The Morgan fingerprint density at radius 3 is 2.37 bits per heavy atom. The predicted octanol–water partition coefficient (Wildman–Crippen LogP) is 3.05. The van der Waals surface area contributed by atoms with Crippen LogP contribution < -0.4 is 9.62 Å². The van der Waals surface area contributed by atoms with Crippen LogP contribution in [0, 0.1) is 13.8 Å². The van der Waals surface area contributed by atoms with Gasteiger partial charge in [-0.1, -0.05) is 18.2 Å². The van der Waals surface area contributed by atoms with Crippen LogP contribution in [0.5, 0.6) is 0 Å². The molecule has 0 aromatic heterocycles. The van der Waals surface area contributed by atoms with Crippen molar-refractivity contribution in [1.82, 2.24) is 4.72 Å². The van der Waals surface area contributed by atoms with Crippen molar-refractivity contribution in [3.05, 3.63) is 59.2 Å². The fourth-order valence-electron chi connectivity index (χ4n) is 3.16. The zero-order valence-electron chi connectivity index (χ0n) is 16.1. The molecule has 0 bridgehead atoms. The fourth-order valence-corrected chi connectivity index (χ4v) is 4.32. The lowest BCUT2D eigenvalue weighted by Gasteiger charge is -2.28. The molecule has 6 heteroatoms. The number of anilines is 1. The van der Waals surface area contributed by atoms with Gasteiger partial charge in [-0.05, 0) is 67.6 Å². The maximum absolute atomic E-state index is 12.4. The van der Waals surface area contributed by atoms with Crippen molar-refractivity contribution in [3.63, 3.8) is 0 Å². The van der Waals surface area contributed by atoms with Crippen molar-refractivity contribution in [2.45, 2.75) is 31.6 Å². The molecule has 0 radical (unpaired) electrons. The lowest BCUT2D eigenvalue weighted by molar-refractivity contribution is 0.122. The molecule has 3 rings (SSSR count). The number of sulfonamides is 1. The van der Waals surface area contributed by atoms with Crippen molar-refractivity contribution < 1.29 is 13.2 Å². The Bertz CT molecular complexity index is 857. The fraction of sp³-hybridized carbons (Fsp3) is 0.429. The molecule has 146 valence electrons. The van der Waals surface area contributed by atoms with E-state index in [9.17, 15) is 8.42 Å². The van der Waals surface area contributed by atoms with Gasteiger partial charge in [-0.3, -0.25) is 0 Å². The van der Waals surface area contributed by atoms with Crippen LogP contribution in [0.15, 0.2) is 47.4 Å². The third-order valence-corrected chi connectivity index (χ3v) is 6.49. The number of nitrogens with zero attached hydrogens (tertiary/aromatic N) is 1. The molecule has 1 fully saturated rings. The number of rotatable bonds is 7. The molecule has 1 saturated heterocycles. The number of benzene rings is 2. The van der Waals surface area contributed by atoms with Crippen LogP contribution in [0.4, 0.5) is 5.69 Å². The van der Waals surface area contributed by atoms with Gasteiger partial charge in [-0.15, -0.1) is 0 Å². The maximum atomic E-state index is 12.4. The van der Waals surface area contributed by atoms with Crippen molar-refractivity contribution in [2.75, 3.05) is 37.7 Å². The highest BCUT2D eigenvalue weighted by molar-refractivity contribution is 7.89. The van der Waals surface area contributed by atoms with Gasteiger partial charge in [-0.2, -0.15) is 0 Å². The summed E-state index contributed by atoms with van der Waals surface area (Å²) in [5, 5.41) is 0. The van der Waals surface area contributed by atoms with E-state index >= 15 is 0 Å². The van der Waals surface area contributed by atoms with Crippen LogP contribution in [0.1, 0.15) is 23.1 Å². The summed E-state index contributed by atoms with van der Waals surface area (Å²) in [5.41, 5.74) is 4.52. The molecule has 0 spiro atoms. The van der Waals surface area contributed by atoms with E-state index in [1.807, 2.05) is 19.9 Å². The minimum Gasteiger partial charge on any atom is -0.378 e. The third-order valence-electron chi connectivity index (χ3n) is 5.04. The first-order valence-corrected chi connectivity index (χ1v) is 10.9. The molecule has 1 aliphatic heterocycles. The van der Waals surface area contributed by atoms with Crippen molar-refractivity contribution in [1.29, 1.82) is 0 Å². The molecular weight excluding hydrogens is 360 g/mol. The van der Waals surface area contributed by atoms with E-state index in [1.54, 1.807) is 12.1 Å². The minimum absolute atomic E-state index is 0.334. The second kappa shape index (κ2) is 8.87. The van der Waals surface area contributed by atoms with Gasteiger partial charge in [0.15, 0.2) is 0 Å². The third kappa shape index (κ3) is 5.31. The average molecular weight is 389 g/mol. The van der Waals surface area contributed by atoms with E-state index < -0.39 is 10.0 Å². The Morgan fingerprint density at radius 1 is 1.00 bits per heavy atom. The standard InChI is InChI=1S/C21H28N2O3S/c1-17-5-10-21(16-18(17)2)27(24,25)22-11-3-4-19-6-8-20(9-7-19)23-12-14-26-15-13-23/h5-10,16,22H,3-4,11-15H2,1-2H3. The lowest BCUT2D eigenvalue weighted by Crippen LogP contribution is -2.36. The van der Waals surface area contributed by atoms with Gasteiger partial charge in [0.1, 0.15) is 0 Å². The van der Waals surface area contributed by atoms with Gasteiger partial charge < -0.3 is 9.64 Å². The zero-order chi connectivity index (χ0) is 19.3. The van der Waals surface area contributed by atoms with Gasteiger partial charge in [0.25, 0.3) is 0 Å². The lowest BCUT2D eigenvalue weighted by atomic mass is 10.1. The SMILES string of the molecule is Cc1ccc(S(=O)(=O)NCCCc2ccc(N3CCOCC3)cc2)cc1C. The van der Waals surface area contributed by atoms with Gasteiger partial charge in [-0.25, -0.2) is 13.1 Å². The van der Waals surface area contributed by atoms with E-state index in [0.717, 1.165) is 50.3 Å². The molecule has 0 unspecified atom stereocenters. The largest absolute Gasteiger partial charge is 0.378 e. The summed E-state index contributed by atoms with van der Waals surface area (Å²) in [7, 11) is -3.44. The summed E-state index contributed by atoms with van der Waals surface area (Å²) in [6.45, 7) is 7.75. The van der Waals surface area contributed by atoms with Crippen LogP contribution in [0.2, 0.25) is 0 Å². The van der Waals surface area contributed by atoms with E-state index in [1.165, 1.54) is 11.3 Å². The molecular formula is C21H28N2O3S. The number of morpholine rings is 1. The second-order valence-electron chi connectivity index (χ2n) is 7.01. The average Bonchev–Trinajstić information content (AvgIpc) is 2.68. The van der Waals surface area contributed by atoms with Crippen LogP contribution >= 0.6 is 0 Å². The summed E-state index contributed by atoms with van der Waals surface area (Å²) in [5.74, 6) is 0. The molecule has 2 aromatic carbocycles. The Balaban J connectivity index is 1.48. The highest BCUT2D eigenvalue weighted by atomic mass is 32.2. The van der Waals surface area contributed by atoms with Gasteiger partial charge in [0.2, 0.25) is 10.0 Å². The van der Waals surface area contributed by atoms with Crippen LogP contribution in [-0.2, 0) is 21.2 Å². The second-order valence-corrected chi connectivity index (χ2v) is 8.78. The Kier molecular flexibility index (Phi) is 6.52. The highest BCUT2D eigenvalue weighted by Crippen LogP contribution is 2.18.